The zero-order valence-electron chi connectivity index (χ0n) is 9.24. The van der Waals surface area contributed by atoms with Crippen molar-refractivity contribution in [3.63, 3.8) is 0 Å². The van der Waals surface area contributed by atoms with E-state index in [0.717, 1.165) is 12.8 Å². The third-order valence-corrected chi connectivity index (χ3v) is 3.40. The van der Waals surface area contributed by atoms with Crippen molar-refractivity contribution in [2.24, 2.45) is 5.92 Å². The Labute approximate surface area is 91.0 Å². The number of hydrogen-bond acceptors (Lipinski definition) is 3. The van der Waals surface area contributed by atoms with Crippen LogP contribution < -0.4 is 9.44 Å². The van der Waals surface area contributed by atoms with E-state index in [1.54, 1.807) is 20.8 Å². The van der Waals surface area contributed by atoms with E-state index < -0.39 is 21.8 Å². The molecule has 0 aliphatic heterocycles. The van der Waals surface area contributed by atoms with Gasteiger partial charge in [0, 0.05) is 5.54 Å². The summed E-state index contributed by atoms with van der Waals surface area (Å²) in [5.41, 5.74) is -0.532. The monoisotopic (exact) mass is 231 g/mol. The van der Waals surface area contributed by atoms with Crippen LogP contribution in [0.15, 0.2) is 0 Å². The van der Waals surface area contributed by atoms with Gasteiger partial charge in [-0.2, -0.15) is 23.1 Å². The molecule has 1 unspecified atom stereocenters. The van der Waals surface area contributed by atoms with Crippen molar-refractivity contribution >= 4 is 10.2 Å². The van der Waals surface area contributed by atoms with Crippen LogP contribution in [-0.2, 0) is 10.2 Å². The molecule has 86 valence electrons. The first kappa shape index (κ1) is 12.4. The molecule has 2 N–H and O–H groups in total. The molecule has 0 amide bonds. The average molecular weight is 231 g/mol. The zero-order valence-corrected chi connectivity index (χ0v) is 10.1. The van der Waals surface area contributed by atoms with E-state index in [4.69, 9.17) is 5.26 Å². The van der Waals surface area contributed by atoms with Gasteiger partial charge >= 0.3 is 0 Å². The largest absolute Gasteiger partial charge is 0.278 e. The molecular formula is C9H17N3O2S. The van der Waals surface area contributed by atoms with Crippen LogP contribution in [0.2, 0.25) is 0 Å². The summed E-state index contributed by atoms with van der Waals surface area (Å²) in [7, 11) is -3.58. The molecule has 0 aromatic rings. The predicted octanol–water partition coefficient (Wildman–Crippen LogP) is 0.511. The number of nitriles is 1. The van der Waals surface area contributed by atoms with Gasteiger partial charge in [0.15, 0.2) is 0 Å². The molecule has 1 aliphatic carbocycles. The third-order valence-electron chi connectivity index (χ3n) is 1.96. The number of rotatable bonds is 4. The van der Waals surface area contributed by atoms with Crippen LogP contribution in [0.5, 0.6) is 0 Å². The van der Waals surface area contributed by atoms with Crippen molar-refractivity contribution in [1.29, 1.82) is 5.26 Å². The van der Waals surface area contributed by atoms with E-state index in [2.05, 4.69) is 9.44 Å². The van der Waals surface area contributed by atoms with Gasteiger partial charge in [0.25, 0.3) is 10.2 Å². The molecule has 1 fully saturated rings. The molecule has 0 radical (unpaired) electrons. The summed E-state index contributed by atoms with van der Waals surface area (Å²) >= 11 is 0. The Morgan fingerprint density at radius 1 is 1.40 bits per heavy atom. The van der Waals surface area contributed by atoms with E-state index in [1.165, 1.54) is 0 Å². The van der Waals surface area contributed by atoms with E-state index in [9.17, 15) is 8.42 Å². The first-order chi connectivity index (χ1) is 6.73. The summed E-state index contributed by atoms with van der Waals surface area (Å²) in [5.74, 6) is 0.187. The van der Waals surface area contributed by atoms with Crippen molar-refractivity contribution in [2.45, 2.75) is 45.2 Å². The first-order valence-electron chi connectivity index (χ1n) is 4.94. The summed E-state index contributed by atoms with van der Waals surface area (Å²) < 4.78 is 28.0. The molecule has 1 aliphatic rings. The molecule has 0 bridgehead atoms. The maximum absolute atomic E-state index is 11.6. The second-order valence-electron chi connectivity index (χ2n) is 4.92. The molecule has 5 nitrogen and oxygen atoms in total. The lowest BCUT2D eigenvalue weighted by molar-refractivity contribution is 0.476. The number of nitrogens with one attached hydrogen (secondary N) is 2. The van der Waals surface area contributed by atoms with Gasteiger partial charge in [0.05, 0.1) is 6.07 Å². The van der Waals surface area contributed by atoms with Crippen LogP contribution in [0.1, 0.15) is 33.6 Å². The molecule has 1 atom stereocenters. The average Bonchev–Trinajstić information content (AvgIpc) is 2.77. The Hall–Kier alpha value is -0.640. The second kappa shape index (κ2) is 4.08. The van der Waals surface area contributed by atoms with Crippen molar-refractivity contribution < 1.29 is 8.42 Å². The highest BCUT2D eigenvalue weighted by molar-refractivity contribution is 7.87. The molecule has 1 rings (SSSR count). The Balaban J connectivity index is 2.59. The van der Waals surface area contributed by atoms with Gasteiger partial charge in [-0.3, -0.25) is 0 Å². The maximum Gasteiger partial charge on any atom is 0.278 e. The van der Waals surface area contributed by atoms with E-state index in [1.807, 2.05) is 6.07 Å². The quantitative estimate of drug-likeness (QED) is 0.739. The SMILES string of the molecule is CC(C)(C)NS(=O)(=O)NC(C#N)C1CC1. The van der Waals surface area contributed by atoms with Crippen molar-refractivity contribution in [1.82, 2.24) is 9.44 Å². The maximum atomic E-state index is 11.6. The summed E-state index contributed by atoms with van der Waals surface area (Å²) in [6, 6.07) is 1.38. The number of hydrogen-bond donors (Lipinski definition) is 2. The van der Waals surface area contributed by atoms with E-state index in [-0.39, 0.29) is 5.92 Å². The van der Waals surface area contributed by atoms with Gasteiger partial charge in [-0.05, 0) is 39.5 Å². The molecule has 0 heterocycles. The molecular weight excluding hydrogens is 214 g/mol. The topological polar surface area (TPSA) is 82.0 Å². The minimum Gasteiger partial charge on any atom is -0.197 e. The molecule has 1 saturated carbocycles. The first-order valence-corrected chi connectivity index (χ1v) is 6.43. The second-order valence-corrected chi connectivity index (χ2v) is 6.36. The summed E-state index contributed by atoms with van der Waals surface area (Å²) in [4.78, 5) is 0. The highest BCUT2D eigenvalue weighted by Gasteiger charge is 2.34. The fourth-order valence-electron chi connectivity index (χ4n) is 1.26. The normalized spacial score (nSPS) is 19.6. The van der Waals surface area contributed by atoms with Crippen LogP contribution in [0.3, 0.4) is 0 Å². The van der Waals surface area contributed by atoms with E-state index >= 15 is 0 Å². The van der Waals surface area contributed by atoms with Gasteiger partial charge in [-0.15, -0.1) is 0 Å². The molecule has 15 heavy (non-hydrogen) atoms. The Morgan fingerprint density at radius 3 is 2.27 bits per heavy atom. The standard InChI is InChI=1S/C9H17N3O2S/c1-9(2,3)12-15(13,14)11-8(6-10)7-4-5-7/h7-8,11-12H,4-5H2,1-3H3. The van der Waals surface area contributed by atoms with E-state index in [0.29, 0.717) is 0 Å². The minimum absolute atomic E-state index is 0.187. The fourth-order valence-corrected chi connectivity index (χ4v) is 2.70. The van der Waals surface area contributed by atoms with Crippen LogP contribution in [0.25, 0.3) is 0 Å². The van der Waals surface area contributed by atoms with Crippen molar-refractivity contribution in [2.75, 3.05) is 0 Å². The summed E-state index contributed by atoms with van der Waals surface area (Å²) in [5, 5.41) is 8.79. The third kappa shape index (κ3) is 4.60. The molecule has 0 saturated heterocycles. The fraction of sp³-hybridized carbons (Fsp3) is 0.889. The van der Waals surface area contributed by atoms with Gasteiger partial charge in [0.2, 0.25) is 0 Å². The smallest absolute Gasteiger partial charge is 0.197 e. The van der Waals surface area contributed by atoms with Crippen LogP contribution in [0.4, 0.5) is 0 Å². The van der Waals surface area contributed by atoms with Crippen LogP contribution in [-0.4, -0.2) is 20.0 Å². The summed E-state index contributed by atoms with van der Waals surface area (Å²) in [6.45, 7) is 5.26. The predicted molar refractivity (Wildman–Crippen MR) is 57.1 cm³/mol. The Morgan fingerprint density at radius 2 is 1.93 bits per heavy atom. The van der Waals surface area contributed by atoms with Crippen molar-refractivity contribution in [3.8, 4) is 6.07 Å². The molecule has 0 spiro atoms. The van der Waals surface area contributed by atoms with Crippen LogP contribution in [0, 0.1) is 17.2 Å². The van der Waals surface area contributed by atoms with Gasteiger partial charge < -0.3 is 0 Å². The van der Waals surface area contributed by atoms with Crippen LogP contribution >= 0.6 is 0 Å². The lowest BCUT2D eigenvalue weighted by Gasteiger charge is -2.21. The van der Waals surface area contributed by atoms with Gasteiger partial charge in [0.1, 0.15) is 6.04 Å². The molecule has 0 aromatic carbocycles. The Kier molecular flexibility index (Phi) is 3.38. The van der Waals surface area contributed by atoms with Gasteiger partial charge in [-0.1, -0.05) is 0 Å². The molecule has 0 aromatic heterocycles. The zero-order chi connectivity index (χ0) is 11.7. The highest BCUT2D eigenvalue weighted by atomic mass is 32.2. The van der Waals surface area contributed by atoms with Crippen molar-refractivity contribution in [3.05, 3.63) is 0 Å². The molecule has 6 heteroatoms. The highest BCUT2D eigenvalue weighted by Crippen LogP contribution is 2.32. The van der Waals surface area contributed by atoms with Gasteiger partial charge in [-0.25, -0.2) is 0 Å². The minimum atomic E-state index is -3.58. The lowest BCUT2D eigenvalue weighted by atomic mass is 10.1. The number of nitrogens with zero attached hydrogens (tertiary/aromatic N) is 1. The Bertz CT molecular complexity index is 360. The summed E-state index contributed by atoms with van der Waals surface area (Å²) in [6.07, 6.45) is 1.85. The lowest BCUT2D eigenvalue weighted by Crippen LogP contribution is -2.50.